The first-order chi connectivity index (χ1) is 9.75. The summed E-state index contributed by atoms with van der Waals surface area (Å²) >= 11 is 0. The number of benzene rings is 1. The number of morpholine rings is 1. The van der Waals surface area contributed by atoms with E-state index in [-0.39, 0.29) is 12.5 Å². The van der Waals surface area contributed by atoms with Gasteiger partial charge in [0.25, 0.3) is 5.91 Å². The summed E-state index contributed by atoms with van der Waals surface area (Å²) in [6.45, 7) is 2.47. The Bertz CT molecular complexity index is 617. The number of nitrogens with zero attached hydrogens (tertiary/aromatic N) is 3. The van der Waals surface area contributed by atoms with E-state index in [9.17, 15) is 4.79 Å². The minimum atomic E-state index is -0.0250. The van der Waals surface area contributed by atoms with Gasteiger partial charge in [0.1, 0.15) is 0 Å². The van der Waals surface area contributed by atoms with Crippen LogP contribution in [0.1, 0.15) is 0 Å². The Labute approximate surface area is 116 Å². The highest BCUT2D eigenvalue weighted by molar-refractivity contribution is 5.85. The molecule has 0 radical (unpaired) electrons. The lowest BCUT2D eigenvalue weighted by Gasteiger charge is -2.26. The molecule has 2 aromatic rings. The summed E-state index contributed by atoms with van der Waals surface area (Å²) in [4.78, 5) is 13.8. The Balaban J connectivity index is 1.69. The number of aryl methyl sites for hydroxylation is 1. The zero-order valence-electron chi connectivity index (χ0n) is 11.4. The van der Waals surface area contributed by atoms with Gasteiger partial charge in [0.15, 0.2) is 6.61 Å². The van der Waals surface area contributed by atoms with E-state index >= 15 is 0 Å². The summed E-state index contributed by atoms with van der Waals surface area (Å²) in [5.41, 5.74) is 0.987. The van der Waals surface area contributed by atoms with Crippen molar-refractivity contribution in [3.05, 3.63) is 24.3 Å². The van der Waals surface area contributed by atoms with Gasteiger partial charge in [-0.15, -0.1) is 5.10 Å². The van der Waals surface area contributed by atoms with Crippen molar-refractivity contribution in [2.24, 2.45) is 7.05 Å². The van der Waals surface area contributed by atoms with E-state index in [2.05, 4.69) is 5.10 Å². The summed E-state index contributed by atoms with van der Waals surface area (Å²) in [7, 11) is 1.86. The predicted octanol–water partition coefficient (Wildman–Crippen LogP) is 0.811. The summed E-state index contributed by atoms with van der Waals surface area (Å²) in [6.07, 6.45) is 0. The first-order valence-electron chi connectivity index (χ1n) is 6.66. The maximum atomic E-state index is 12.0. The molecule has 0 bridgehead atoms. The van der Waals surface area contributed by atoms with Crippen molar-refractivity contribution in [3.63, 3.8) is 0 Å². The normalized spacial score (nSPS) is 15.6. The van der Waals surface area contributed by atoms with Crippen LogP contribution in [0.25, 0.3) is 10.9 Å². The van der Waals surface area contributed by atoms with E-state index in [1.54, 1.807) is 9.58 Å². The molecule has 0 saturated carbocycles. The van der Waals surface area contributed by atoms with Crippen molar-refractivity contribution >= 4 is 16.8 Å². The van der Waals surface area contributed by atoms with Crippen LogP contribution >= 0.6 is 0 Å². The zero-order chi connectivity index (χ0) is 13.9. The SMILES string of the molecule is Cn1nc(OCC(=O)N2CCOCC2)c2ccccc21. The Morgan fingerprint density at radius 2 is 2.10 bits per heavy atom. The number of ether oxygens (including phenoxy) is 2. The summed E-state index contributed by atoms with van der Waals surface area (Å²) < 4.78 is 12.6. The molecule has 1 aromatic heterocycles. The fourth-order valence-electron chi connectivity index (χ4n) is 2.32. The van der Waals surface area contributed by atoms with Crippen LogP contribution in [0, 0.1) is 0 Å². The molecule has 0 unspecified atom stereocenters. The molecule has 20 heavy (non-hydrogen) atoms. The molecule has 0 aliphatic carbocycles. The number of aromatic nitrogens is 2. The minimum absolute atomic E-state index is 0.0149. The van der Waals surface area contributed by atoms with Crippen molar-refractivity contribution in [1.29, 1.82) is 0 Å². The number of rotatable bonds is 3. The Hall–Kier alpha value is -2.08. The lowest BCUT2D eigenvalue weighted by molar-refractivity contribution is -0.137. The van der Waals surface area contributed by atoms with Crippen molar-refractivity contribution in [2.75, 3.05) is 32.9 Å². The molecule has 1 aliphatic heterocycles. The van der Waals surface area contributed by atoms with E-state index < -0.39 is 0 Å². The van der Waals surface area contributed by atoms with Crippen LogP contribution in [0.3, 0.4) is 0 Å². The highest BCUT2D eigenvalue weighted by Gasteiger charge is 2.18. The second-order valence-corrected chi connectivity index (χ2v) is 4.73. The zero-order valence-corrected chi connectivity index (χ0v) is 11.4. The van der Waals surface area contributed by atoms with Crippen LogP contribution in [-0.2, 0) is 16.6 Å². The van der Waals surface area contributed by atoms with E-state index in [4.69, 9.17) is 9.47 Å². The van der Waals surface area contributed by atoms with Crippen molar-refractivity contribution in [3.8, 4) is 5.88 Å². The Kier molecular flexibility index (Phi) is 3.56. The minimum Gasteiger partial charge on any atom is -0.466 e. The molecule has 1 aliphatic rings. The topological polar surface area (TPSA) is 56.6 Å². The molecule has 6 nitrogen and oxygen atoms in total. The average Bonchev–Trinajstić information content (AvgIpc) is 2.83. The lowest BCUT2D eigenvalue weighted by Crippen LogP contribution is -2.43. The van der Waals surface area contributed by atoms with Crippen LogP contribution in [0.15, 0.2) is 24.3 Å². The maximum absolute atomic E-state index is 12.0. The number of hydrogen-bond donors (Lipinski definition) is 0. The first-order valence-corrected chi connectivity index (χ1v) is 6.66. The molecule has 1 amide bonds. The second kappa shape index (κ2) is 5.50. The molecule has 0 N–H and O–H groups in total. The Morgan fingerprint density at radius 1 is 1.35 bits per heavy atom. The summed E-state index contributed by atoms with van der Waals surface area (Å²) in [5, 5.41) is 5.23. The van der Waals surface area contributed by atoms with Crippen LogP contribution in [-0.4, -0.2) is 53.5 Å². The van der Waals surface area contributed by atoms with Gasteiger partial charge in [0, 0.05) is 20.1 Å². The smallest absolute Gasteiger partial charge is 0.260 e. The van der Waals surface area contributed by atoms with Crippen molar-refractivity contribution in [1.82, 2.24) is 14.7 Å². The number of hydrogen-bond acceptors (Lipinski definition) is 4. The van der Waals surface area contributed by atoms with Gasteiger partial charge in [-0.05, 0) is 12.1 Å². The van der Waals surface area contributed by atoms with E-state index in [1.165, 1.54) is 0 Å². The third kappa shape index (κ3) is 2.46. The molecule has 3 rings (SSSR count). The number of fused-ring (bicyclic) bond motifs is 1. The molecule has 1 aromatic carbocycles. The van der Waals surface area contributed by atoms with Crippen molar-refractivity contribution < 1.29 is 14.3 Å². The number of carbonyl (C=O) groups excluding carboxylic acids is 1. The third-order valence-corrected chi connectivity index (χ3v) is 3.42. The number of carbonyl (C=O) groups is 1. The number of amides is 1. The highest BCUT2D eigenvalue weighted by Crippen LogP contribution is 2.23. The molecule has 106 valence electrons. The summed E-state index contributed by atoms with van der Waals surface area (Å²) in [6, 6.07) is 7.79. The Morgan fingerprint density at radius 3 is 2.90 bits per heavy atom. The van der Waals surface area contributed by atoms with Gasteiger partial charge in [-0.25, -0.2) is 0 Å². The maximum Gasteiger partial charge on any atom is 0.260 e. The summed E-state index contributed by atoms with van der Waals surface area (Å²) in [5.74, 6) is 0.479. The predicted molar refractivity (Wildman–Crippen MR) is 73.6 cm³/mol. The van der Waals surface area contributed by atoms with Crippen LogP contribution in [0.4, 0.5) is 0 Å². The van der Waals surface area contributed by atoms with Gasteiger partial charge >= 0.3 is 0 Å². The van der Waals surface area contributed by atoms with Gasteiger partial charge in [0.05, 0.1) is 24.1 Å². The molecule has 1 saturated heterocycles. The van der Waals surface area contributed by atoms with Gasteiger partial charge in [-0.3, -0.25) is 9.48 Å². The van der Waals surface area contributed by atoms with Crippen LogP contribution < -0.4 is 4.74 Å². The van der Waals surface area contributed by atoms with Gasteiger partial charge < -0.3 is 14.4 Å². The average molecular weight is 275 g/mol. The third-order valence-electron chi connectivity index (χ3n) is 3.42. The fourth-order valence-corrected chi connectivity index (χ4v) is 2.32. The number of para-hydroxylation sites is 1. The van der Waals surface area contributed by atoms with E-state index in [0.29, 0.717) is 32.2 Å². The molecule has 0 atom stereocenters. The molecule has 0 spiro atoms. The van der Waals surface area contributed by atoms with Crippen LogP contribution in [0.2, 0.25) is 0 Å². The second-order valence-electron chi connectivity index (χ2n) is 4.73. The molecular formula is C14H17N3O3. The molecule has 2 heterocycles. The van der Waals surface area contributed by atoms with Crippen molar-refractivity contribution in [2.45, 2.75) is 0 Å². The molecule has 1 fully saturated rings. The molecular weight excluding hydrogens is 258 g/mol. The van der Waals surface area contributed by atoms with E-state index in [1.807, 2.05) is 31.3 Å². The first kappa shape index (κ1) is 12.9. The molecule has 6 heteroatoms. The monoisotopic (exact) mass is 275 g/mol. The van der Waals surface area contributed by atoms with Gasteiger partial charge in [-0.2, -0.15) is 0 Å². The largest absolute Gasteiger partial charge is 0.466 e. The van der Waals surface area contributed by atoms with Crippen LogP contribution in [0.5, 0.6) is 5.88 Å². The standard InChI is InChI=1S/C14H17N3O3/c1-16-12-5-3-2-4-11(12)14(15-16)20-10-13(18)17-6-8-19-9-7-17/h2-5H,6-10H2,1H3. The lowest BCUT2D eigenvalue weighted by atomic mass is 10.2. The highest BCUT2D eigenvalue weighted by atomic mass is 16.5. The quantitative estimate of drug-likeness (QED) is 0.832. The van der Waals surface area contributed by atoms with E-state index in [0.717, 1.165) is 10.9 Å². The van der Waals surface area contributed by atoms with Gasteiger partial charge in [-0.1, -0.05) is 12.1 Å². The van der Waals surface area contributed by atoms with Gasteiger partial charge in [0.2, 0.25) is 5.88 Å². The fraction of sp³-hybridized carbons (Fsp3) is 0.429.